The van der Waals surface area contributed by atoms with Crippen molar-refractivity contribution in [1.82, 2.24) is 0 Å². The number of aromatic hydroxyl groups is 1. The average molecular weight is 393 g/mol. The molecule has 0 saturated carbocycles. The van der Waals surface area contributed by atoms with Crippen LogP contribution < -0.4 is 0 Å². The van der Waals surface area contributed by atoms with E-state index < -0.39 is 11.9 Å². The second-order valence-corrected chi connectivity index (χ2v) is 6.30. The van der Waals surface area contributed by atoms with Crippen molar-refractivity contribution in [3.63, 3.8) is 0 Å². The molecule has 0 unspecified atom stereocenters. The summed E-state index contributed by atoms with van der Waals surface area (Å²) in [4.78, 5) is 23.8. The highest BCUT2D eigenvalue weighted by molar-refractivity contribution is 9.10. The fourth-order valence-corrected chi connectivity index (χ4v) is 2.28. The Morgan fingerprint density at radius 1 is 1.08 bits per heavy atom. The molecule has 2 aromatic carbocycles. The lowest BCUT2D eigenvalue weighted by Gasteiger charge is -2.09. The molecule has 0 bridgehead atoms. The highest BCUT2D eigenvalue weighted by Gasteiger charge is 2.14. The maximum absolute atomic E-state index is 12.0. The van der Waals surface area contributed by atoms with Crippen LogP contribution in [0.15, 0.2) is 46.9 Å². The molecule has 24 heavy (non-hydrogen) atoms. The van der Waals surface area contributed by atoms with Crippen molar-refractivity contribution in [2.24, 2.45) is 0 Å². The molecule has 2 rings (SSSR count). The second kappa shape index (κ2) is 7.97. The number of ether oxygens (including phenoxy) is 2. The minimum atomic E-state index is -0.628. The Hall–Kier alpha value is -2.34. The Labute approximate surface area is 148 Å². The third-order valence-electron chi connectivity index (χ3n) is 3.08. The molecule has 0 radical (unpaired) electrons. The smallest absolute Gasteiger partial charge is 0.342 e. The van der Waals surface area contributed by atoms with Gasteiger partial charge >= 0.3 is 11.9 Å². The van der Waals surface area contributed by atoms with Crippen molar-refractivity contribution in [2.75, 3.05) is 0 Å². The van der Waals surface area contributed by atoms with Gasteiger partial charge in [-0.3, -0.25) is 0 Å². The summed E-state index contributed by atoms with van der Waals surface area (Å²) < 4.78 is 10.9. The molecule has 0 aliphatic rings. The summed E-state index contributed by atoms with van der Waals surface area (Å²) >= 11 is 3.24. The van der Waals surface area contributed by atoms with E-state index in [9.17, 15) is 14.7 Å². The van der Waals surface area contributed by atoms with Gasteiger partial charge < -0.3 is 14.6 Å². The van der Waals surface area contributed by atoms with Crippen LogP contribution >= 0.6 is 15.9 Å². The number of benzene rings is 2. The molecule has 0 aliphatic heterocycles. The summed E-state index contributed by atoms with van der Waals surface area (Å²) in [6, 6.07) is 11.1. The second-order valence-electron chi connectivity index (χ2n) is 5.39. The van der Waals surface area contributed by atoms with Gasteiger partial charge in [-0.25, -0.2) is 9.59 Å². The largest absolute Gasteiger partial charge is 0.507 e. The number of carbonyl (C=O) groups excluding carboxylic acids is 2. The van der Waals surface area contributed by atoms with E-state index >= 15 is 0 Å². The lowest BCUT2D eigenvalue weighted by Crippen LogP contribution is -2.11. The van der Waals surface area contributed by atoms with Gasteiger partial charge in [0.15, 0.2) is 0 Å². The van der Waals surface area contributed by atoms with Gasteiger partial charge in [-0.05, 0) is 49.7 Å². The first-order valence-electron chi connectivity index (χ1n) is 7.32. The van der Waals surface area contributed by atoms with E-state index in [1.54, 1.807) is 44.2 Å². The minimum absolute atomic E-state index is 0.0320. The molecule has 0 atom stereocenters. The molecule has 2 aromatic rings. The number of carbonyl (C=O) groups is 2. The zero-order chi connectivity index (χ0) is 17.7. The molecule has 126 valence electrons. The molecule has 0 amide bonds. The van der Waals surface area contributed by atoms with Gasteiger partial charge in [0.25, 0.3) is 0 Å². The van der Waals surface area contributed by atoms with E-state index in [0.717, 1.165) is 5.56 Å². The van der Waals surface area contributed by atoms with Crippen LogP contribution in [0.25, 0.3) is 0 Å². The van der Waals surface area contributed by atoms with E-state index in [1.807, 2.05) is 0 Å². The normalized spacial score (nSPS) is 10.5. The average Bonchev–Trinajstić information content (AvgIpc) is 2.54. The van der Waals surface area contributed by atoms with Crippen LogP contribution in [0.1, 0.15) is 40.1 Å². The summed E-state index contributed by atoms with van der Waals surface area (Å²) in [7, 11) is 0. The lowest BCUT2D eigenvalue weighted by atomic mass is 10.1. The molecule has 1 N–H and O–H groups in total. The van der Waals surface area contributed by atoms with Crippen molar-refractivity contribution in [3.8, 4) is 5.75 Å². The number of hydrogen-bond donors (Lipinski definition) is 1. The van der Waals surface area contributed by atoms with Crippen molar-refractivity contribution >= 4 is 27.9 Å². The van der Waals surface area contributed by atoms with Crippen LogP contribution in [0, 0.1) is 0 Å². The number of phenolic OH excluding ortho intramolecular Hbond substituents is 1. The van der Waals surface area contributed by atoms with Gasteiger partial charge in [0.2, 0.25) is 0 Å². The van der Waals surface area contributed by atoms with Crippen molar-refractivity contribution < 1.29 is 24.2 Å². The van der Waals surface area contributed by atoms with Crippen molar-refractivity contribution in [2.45, 2.75) is 26.6 Å². The predicted molar refractivity (Wildman–Crippen MR) is 91.9 cm³/mol. The summed E-state index contributed by atoms with van der Waals surface area (Å²) in [5.74, 6) is -1.17. The number of esters is 2. The molecule has 0 heterocycles. The Morgan fingerprint density at radius 3 is 2.38 bits per heavy atom. The van der Waals surface area contributed by atoms with Gasteiger partial charge in [-0.15, -0.1) is 0 Å². The van der Waals surface area contributed by atoms with E-state index in [0.29, 0.717) is 10.0 Å². The maximum Gasteiger partial charge on any atom is 0.342 e. The van der Waals surface area contributed by atoms with Crippen LogP contribution in [0.2, 0.25) is 0 Å². The van der Waals surface area contributed by atoms with Crippen molar-refractivity contribution in [3.05, 3.63) is 63.6 Å². The number of hydrogen-bond acceptors (Lipinski definition) is 5. The number of halogens is 1. The predicted octanol–water partition coefficient (Wildman–Crippen LogP) is 4.08. The van der Waals surface area contributed by atoms with E-state index in [4.69, 9.17) is 9.47 Å². The summed E-state index contributed by atoms with van der Waals surface area (Å²) in [5, 5.41) is 9.70. The fourth-order valence-electron chi connectivity index (χ4n) is 1.92. The Balaban J connectivity index is 1.98. The fraction of sp³-hybridized carbons (Fsp3) is 0.222. The number of phenols is 1. The highest BCUT2D eigenvalue weighted by atomic mass is 79.9. The van der Waals surface area contributed by atoms with Crippen LogP contribution in [-0.4, -0.2) is 23.1 Å². The van der Waals surface area contributed by atoms with Gasteiger partial charge in [0.05, 0.1) is 11.7 Å². The summed E-state index contributed by atoms with van der Waals surface area (Å²) in [6.07, 6.45) is -0.184. The van der Waals surface area contributed by atoms with E-state index in [1.165, 1.54) is 12.1 Å². The van der Waals surface area contributed by atoms with Gasteiger partial charge in [0.1, 0.15) is 17.9 Å². The Morgan fingerprint density at radius 2 is 1.75 bits per heavy atom. The molecule has 5 nitrogen and oxygen atoms in total. The molecule has 0 spiro atoms. The summed E-state index contributed by atoms with van der Waals surface area (Å²) in [5.41, 5.74) is 1.24. The topological polar surface area (TPSA) is 72.8 Å². The van der Waals surface area contributed by atoms with E-state index in [2.05, 4.69) is 15.9 Å². The first-order valence-corrected chi connectivity index (χ1v) is 8.11. The standard InChI is InChI=1S/C18H17BrO5/c1-11(2)24-17(21)13-5-3-12(4-6-13)10-23-18(22)15-9-14(19)7-8-16(15)20/h3-9,11,20H,10H2,1-2H3. The quantitative estimate of drug-likeness (QED) is 0.776. The molecular formula is C18H17BrO5. The SMILES string of the molecule is CC(C)OC(=O)c1ccc(COC(=O)c2cc(Br)ccc2O)cc1. The minimum Gasteiger partial charge on any atom is -0.507 e. The molecule has 6 heteroatoms. The third kappa shape index (κ3) is 4.83. The van der Waals surface area contributed by atoms with Crippen molar-refractivity contribution in [1.29, 1.82) is 0 Å². The van der Waals surface area contributed by atoms with Gasteiger partial charge in [-0.2, -0.15) is 0 Å². The maximum atomic E-state index is 12.0. The van der Waals surface area contributed by atoms with Gasteiger partial charge in [0, 0.05) is 4.47 Å². The molecule has 0 saturated heterocycles. The highest BCUT2D eigenvalue weighted by Crippen LogP contribution is 2.23. The Kier molecular flexibility index (Phi) is 5.98. The number of rotatable bonds is 5. The Bertz CT molecular complexity index is 738. The lowest BCUT2D eigenvalue weighted by molar-refractivity contribution is 0.0375. The monoisotopic (exact) mass is 392 g/mol. The van der Waals surface area contributed by atoms with Crippen LogP contribution in [0.3, 0.4) is 0 Å². The zero-order valence-electron chi connectivity index (χ0n) is 13.3. The van der Waals surface area contributed by atoms with Crippen LogP contribution in [-0.2, 0) is 16.1 Å². The first kappa shape index (κ1) is 18.0. The van der Waals surface area contributed by atoms with Crippen LogP contribution in [0.5, 0.6) is 5.75 Å². The summed E-state index contributed by atoms with van der Waals surface area (Å²) in [6.45, 7) is 3.59. The molecule has 0 aliphatic carbocycles. The van der Waals surface area contributed by atoms with Gasteiger partial charge in [-0.1, -0.05) is 28.1 Å². The molecular weight excluding hydrogens is 376 g/mol. The molecule has 0 fully saturated rings. The zero-order valence-corrected chi connectivity index (χ0v) is 14.9. The molecule has 0 aromatic heterocycles. The van der Waals surface area contributed by atoms with Crippen LogP contribution in [0.4, 0.5) is 0 Å². The first-order chi connectivity index (χ1) is 11.4. The third-order valence-corrected chi connectivity index (χ3v) is 3.57. The van der Waals surface area contributed by atoms with E-state index in [-0.39, 0.29) is 24.0 Å².